The number of carbonyl (C=O) groups excluding carboxylic acids is 2. The highest BCUT2D eigenvalue weighted by molar-refractivity contribution is 6.33. The summed E-state index contributed by atoms with van der Waals surface area (Å²) in [6.45, 7) is 0. The number of carbonyl (C=O) groups is 2. The Bertz CT molecular complexity index is 1650. The van der Waals surface area contributed by atoms with E-state index in [0.29, 0.717) is 27.4 Å². The molecule has 0 saturated heterocycles. The minimum absolute atomic E-state index is 0.113. The van der Waals surface area contributed by atoms with Crippen molar-refractivity contribution in [2.24, 2.45) is 0 Å². The molecule has 0 aliphatic carbocycles. The summed E-state index contributed by atoms with van der Waals surface area (Å²) in [5, 5.41) is 33.1. The first-order chi connectivity index (χ1) is 17.8. The normalized spacial score (nSPS) is 10.2. The SMILES string of the molecule is N#Cc1cccc(C(=O)CC(=O)Nc2cc(-n3cc(C#N)c(-c4ccccc4Cl)c3)ccc2[N+](=O)[O-])c1. The Morgan fingerprint density at radius 2 is 1.76 bits per heavy atom. The molecule has 9 nitrogen and oxygen atoms in total. The smallest absolute Gasteiger partial charge is 0.292 e. The van der Waals surface area contributed by atoms with Gasteiger partial charge in [0.05, 0.1) is 28.5 Å². The Kier molecular flexibility index (Phi) is 7.10. The minimum atomic E-state index is -0.755. The number of halogens is 1. The Morgan fingerprint density at radius 1 is 0.973 bits per heavy atom. The molecule has 0 fully saturated rings. The fraction of sp³-hybridized carbons (Fsp3) is 0.0370. The number of aromatic nitrogens is 1. The van der Waals surface area contributed by atoms with E-state index >= 15 is 0 Å². The number of amides is 1. The monoisotopic (exact) mass is 509 g/mol. The van der Waals surface area contributed by atoms with Crippen LogP contribution in [0.2, 0.25) is 5.02 Å². The minimum Gasteiger partial charge on any atom is -0.322 e. The van der Waals surface area contributed by atoms with Crippen molar-refractivity contribution < 1.29 is 14.5 Å². The van der Waals surface area contributed by atoms with Crippen LogP contribution < -0.4 is 5.32 Å². The van der Waals surface area contributed by atoms with Gasteiger partial charge in [0.2, 0.25) is 5.91 Å². The molecule has 4 rings (SSSR count). The second-order valence-corrected chi connectivity index (χ2v) is 8.29. The Labute approximate surface area is 215 Å². The highest BCUT2D eigenvalue weighted by Crippen LogP contribution is 2.33. The Balaban J connectivity index is 1.64. The van der Waals surface area contributed by atoms with E-state index in [1.54, 1.807) is 41.2 Å². The van der Waals surface area contributed by atoms with Crippen LogP contribution in [-0.4, -0.2) is 21.2 Å². The third-order valence-electron chi connectivity index (χ3n) is 5.49. The van der Waals surface area contributed by atoms with Crippen molar-refractivity contribution >= 4 is 34.7 Å². The number of nitro groups is 1. The molecule has 180 valence electrons. The number of anilines is 1. The van der Waals surface area contributed by atoms with Gasteiger partial charge in [0.15, 0.2) is 5.78 Å². The zero-order valence-electron chi connectivity index (χ0n) is 19.0. The number of rotatable bonds is 7. The van der Waals surface area contributed by atoms with E-state index in [1.807, 2.05) is 6.07 Å². The summed E-state index contributed by atoms with van der Waals surface area (Å²) in [5.41, 5.74) is 1.96. The Morgan fingerprint density at radius 3 is 2.46 bits per heavy atom. The fourth-order valence-corrected chi connectivity index (χ4v) is 3.97. The average Bonchev–Trinajstić information content (AvgIpc) is 3.33. The van der Waals surface area contributed by atoms with Crippen LogP contribution in [0, 0.1) is 32.8 Å². The molecule has 10 heteroatoms. The van der Waals surface area contributed by atoms with Crippen LogP contribution in [0.5, 0.6) is 0 Å². The van der Waals surface area contributed by atoms with Gasteiger partial charge in [-0.25, -0.2) is 0 Å². The van der Waals surface area contributed by atoms with Gasteiger partial charge in [0.1, 0.15) is 11.8 Å². The molecule has 0 unspecified atom stereocenters. The summed E-state index contributed by atoms with van der Waals surface area (Å²) >= 11 is 6.30. The maximum Gasteiger partial charge on any atom is 0.292 e. The lowest BCUT2D eigenvalue weighted by Gasteiger charge is -2.09. The molecule has 0 atom stereocenters. The molecule has 37 heavy (non-hydrogen) atoms. The first-order valence-electron chi connectivity index (χ1n) is 10.8. The zero-order valence-corrected chi connectivity index (χ0v) is 19.8. The van der Waals surface area contributed by atoms with Crippen LogP contribution in [0.1, 0.15) is 27.9 Å². The van der Waals surface area contributed by atoms with Gasteiger partial charge < -0.3 is 9.88 Å². The van der Waals surface area contributed by atoms with E-state index in [9.17, 15) is 25.0 Å². The average molecular weight is 510 g/mol. The van der Waals surface area contributed by atoms with Crippen molar-refractivity contribution in [3.63, 3.8) is 0 Å². The number of ketones is 1. The molecule has 0 radical (unpaired) electrons. The van der Waals surface area contributed by atoms with Gasteiger partial charge in [-0.2, -0.15) is 10.5 Å². The third-order valence-corrected chi connectivity index (χ3v) is 5.82. The van der Waals surface area contributed by atoms with E-state index in [1.165, 1.54) is 42.5 Å². The number of hydrogen-bond acceptors (Lipinski definition) is 6. The number of hydrogen-bond donors (Lipinski definition) is 1. The molecular formula is C27H16ClN5O4. The molecule has 3 aromatic carbocycles. The van der Waals surface area contributed by atoms with E-state index in [2.05, 4.69) is 11.4 Å². The standard InChI is InChI=1S/C27H16ClN5O4/c28-23-7-2-1-6-21(23)22-16-32(15-19(22)14-30)20-8-9-25(33(36)37)24(11-20)31-27(35)12-26(34)18-5-3-4-17(10-18)13-29/h1-11,15-16H,12H2,(H,31,35). The van der Waals surface area contributed by atoms with Gasteiger partial charge in [0, 0.05) is 45.9 Å². The quantitative estimate of drug-likeness (QED) is 0.147. The van der Waals surface area contributed by atoms with E-state index in [0.717, 1.165) is 0 Å². The molecule has 0 saturated carbocycles. The summed E-state index contributed by atoms with van der Waals surface area (Å²) in [6, 6.07) is 21.1. The lowest BCUT2D eigenvalue weighted by molar-refractivity contribution is -0.383. The second-order valence-electron chi connectivity index (χ2n) is 7.88. The van der Waals surface area contributed by atoms with Gasteiger partial charge >= 0.3 is 0 Å². The first-order valence-corrected chi connectivity index (χ1v) is 11.2. The van der Waals surface area contributed by atoms with Crippen LogP contribution in [0.4, 0.5) is 11.4 Å². The Hall–Kier alpha value is -5.25. The van der Waals surface area contributed by atoms with Crippen molar-refractivity contribution in [2.45, 2.75) is 6.42 Å². The molecule has 1 aromatic heterocycles. The molecule has 4 aromatic rings. The topological polar surface area (TPSA) is 142 Å². The van der Waals surface area contributed by atoms with Gasteiger partial charge in [-0.1, -0.05) is 41.9 Å². The zero-order chi connectivity index (χ0) is 26.5. The molecule has 0 aliphatic heterocycles. The summed E-state index contributed by atoms with van der Waals surface area (Å²) in [4.78, 5) is 36.1. The van der Waals surface area contributed by atoms with Crippen LogP contribution in [0.25, 0.3) is 16.8 Å². The van der Waals surface area contributed by atoms with Crippen LogP contribution in [0.15, 0.2) is 79.1 Å². The number of Topliss-reactive ketones (excluding diaryl/α,β-unsaturated/α-hetero) is 1. The highest BCUT2D eigenvalue weighted by Gasteiger charge is 2.20. The largest absolute Gasteiger partial charge is 0.322 e. The van der Waals surface area contributed by atoms with E-state index in [-0.39, 0.29) is 22.5 Å². The van der Waals surface area contributed by atoms with Crippen LogP contribution in [-0.2, 0) is 4.79 Å². The predicted octanol–water partition coefficient (Wildman–Crippen LogP) is 5.66. The molecule has 0 spiro atoms. The number of benzene rings is 3. The van der Waals surface area contributed by atoms with Crippen molar-refractivity contribution in [3.05, 3.63) is 111 Å². The van der Waals surface area contributed by atoms with Gasteiger partial charge in [-0.15, -0.1) is 0 Å². The number of nitro benzene ring substituents is 1. The second kappa shape index (κ2) is 10.6. The molecular weight excluding hydrogens is 494 g/mol. The van der Waals surface area contributed by atoms with Gasteiger partial charge in [-0.3, -0.25) is 19.7 Å². The molecule has 1 amide bonds. The first kappa shape index (κ1) is 24.9. The van der Waals surface area contributed by atoms with Gasteiger partial charge in [-0.05, 0) is 30.3 Å². The maximum atomic E-state index is 12.6. The molecule has 0 bridgehead atoms. The van der Waals surface area contributed by atoms with E-state index in [4.69, 9.17) is 16.9 Å². The van der Waals surface area contributed by atoms with Crippen LogP contribution >= 0.6 is 11.6 Å². The fourth-order valence-electron chi connectivity index (χ4n) is 3.74. The lowest BCUT2D eigenvalue weighted by atomic mass is 10.1. The van der Waals surface area contributed by atoms with Crippen LogP contribution in [0.3, 0.4) is 0 Å². The molecule has 0 aliphatic rings. The summed E-state index contributed by atoms with van der Waals surface area (Å²) in [5.74, 6) is -1.29. The van der Waals surface area contributed by atoms with Crippen molar-refractivity contribution in [1.29, 1.82) is 10.5 Å². The van der Waals surface area contributed by atoms with Gasteiger partial charge in [0.25, 0.3) is 5.69 Å². The maximum absolute atomic E-state index is 12.6. The molecule has 1 heterocycles. The number of nitrogens with zero attached hydrogens (tertiary/aromatic N) is 4. The summed E-state index contributed by atoms with van der Waals surface area (Å²) < 4.78 is 1.59. The summed E-state index contributed by atoms with van der Waals surface area (Å²) in [6.07, 6.45) is 2.64. The summed E-state index contributed by atoms with van der Waals surface area (Å²) in [7, 11) is 0. The third kappa shape index (κ3) is 5.38. The van der Waals surface area contributed by atoms with Crippen molar-refractivity contribution in [3.8, 4) is 29.0 Å². The molecule has 1 N–H and O–H groups in total. The lowest BCUT2D eigenvalue weighted by Crippen LogP contribution is -2.17. The predicted molar refractivity (Wildman–Crippen MR) is 136 cm³/mol. The van der Waals surface area contributed by atoms with Crippen molar-refractivity contribution in [2.75, 3.05) is 5.32 Å². The number of nitrogens with one attached hydrogen (secondary N) is 1. The highest BCUT2D eigenvalue weighted by atomic mass is 35.5. The van der Waals surface area contributed by atoms with E-state index < -0.39 is 23.0 Å². The van der Waals surface area contributed by atoms with Crippen molar-refractivity contribution in [1.82, 2.24) is 4.57 Å². The number of nitriles is 2.